The summed E-state index contributed by atoms with van der Waals surface area (Å²) in [5, 5.41) is 12.4. The lowest BCUT2D eigenvalue weighted by atomic mass is 9.78. The number of nitrogens with one attached hydrogen (secondary N) is 1. The summed E-state index contributed by atoms with van der Waals surface area (Å²) in [4.78, 5) is 36.3. The average Bonchev–Trinajstić information content (AvgIpc) is 2.39. The van der Waals surface area contributed by atoms with Gasteiger partial charge in [0.2, 0.25) is 5.91 Å². The number of carbonyl (C=O) groups is 3. The van der Waals surface area contributed by atoms with E-state index in [1.165, 1.54) is 0 Å². The molecule has 0 aromatic rings. The monoisotopic (exact) mass is 357 g/mol. The molecular weight excluding hydrogens is 322 g/mol. The van der Waals surface area contributed by atoms with Crippen molar-refractivity contribution >= 4 is 17.8 Å². The van der Waals surface area contributed by atoms with Crippen molar-refractivity contribution in [3.05, 3.63) is 0 Å². The summed E-state index contributed by atoms with van der Waals surface area (Å²) >= 11 is 0. The van der Waals surface area contributed by atoms with Crippen molar-refractivity contribution in [2.24, 2.45) is 17.3 Å². The zero-order valence-electron chi connectivity index (χ0n) is 16.9. The van der Waals surface area contributed by atoms with Gasteiger partial charge in [-0.3, -0.25) is 14.4 Å². The molecule has 146 valence electrons. The molecule has 0 aromatic heterocycles. The summed E-state index contributed by atoms with van der Waals surface area (Å²) in [6.45, 7) is 14.4. The van der Waals surface area contributed by atoms with E-state index in [0.717, 1.165) is 0 Å². The van der Waals surface area contributed by atoms with Gasteiger partial charge in [0.15, 0.2) is 0 Å². The molecule has 25 heavy (non-hydrogen) atoms. The highest BCUT2D eigenvalue weighted by atomic mass is 16.6. The lowest BCUT2D eigenvalue weighted by Crippen LogP contribution is -2.42. The molecule has 6 nitrogen and oxygen atoms in total. The number of hydrogen-bond donors (Lipinski definition) is 2. The second-order valence-electron chi connectivity index (χ2n) is 8.63. The molecule has 0 aliphatic carbocycles. The topological polar surface area (TPSA) is 92.7 Å². The van der Waals surface area contributed by atoms with Crippen LogP contribution in [0, 0.1) is 17.3 Å². The molecule has 0 bridgehead atoms. The molecule has 0 radical (unpaired) electrons. The molecule has 1 amide bonds. The highest BCUT2D eigenvalue weighted by molar-refractivity contribution is 5.83. The quantitative estimate of drug-likeness (QED) is 0.617. The maximum Gasteiger partial charge on any atom is 0.309 e. The Hall–Kier alpha value is -1.59. The number of carboxylic acid groups (broad SMARTS) is 1. The second-order valence-corrected chi connectivity index (χ2v) is 8.63. The van der Waals surface area contributed by atoms with Crippen LogP contribution in [0.1, 0.15) is 74.7 Å². The van der Waals surface area contributed by atoms with E-state index in [4.69, 9.17) is 4.74 Å². The first-order valence-electron chi connectivity index (χ1n) is 8.96. The number of ether oxygens (including phenoxy) is 1. The fourth-order valence-electron chi connectivity index (χ4n) is 2.60. The van der Waals surface area contributed by atoms with Crippen LogP contribution in [0.5, 0.6) is 0 Å². The Bertz CT molecular complexity index is 477. The SMILES string of the molecule is CCC(CC(CC(C)(C)C(=O)NC(C)C)C(=O)O)C(=O)OC(C)(C)C. The first-order valence-corrected chi connectivity index (χ1v) is 8.96. The Kier molecular flexibility index (Phi) is 8.62. The molecule has 0 saturated heterocycles. The predicted molar refractivity (Wildman–Crippen MR) is 97.0 cm³/mol. The van der Waals surface area contributed by atoms with E-state index in [-0.39, 0.29) is 30.8 Å². The van der Waals surface area contributed by atoms with Gasteiger partial charge in [0.1, 0.15) is 5.60 Å². The Morgan fingerprint density at radius 1 is 1.04 bits per heavy atom. The summed E-state index contributed by atoms with van der Waals surface area (Å²) in [7, 11) is 0. The number of aliphatic carboxylic acids is 1. The fraction of sp³-hybridized carbons (Fsp3) is 0.842. The van der Waals surface area contributed by atoms with E-state index in [0.29, 0.717) is 6.42 Å². The molecule has 0 aromatic carbocycles. The summed E-state index contributed by atoms with van der Waals surface area (Å²) in [5.41, 5.74) is -1.45. The number of rotatable bonds is 9. The van der Waals surface area contributed by atoms with Crippen LogP contribution in [0.4, 0.5) is 0 Å². The maximum atomic E-state index is 12.3. The van der Waals surface area contributed by atoms with E-state index in [1.54, 1.807) is 34.6 Å². The van der Waals surface area contributed by atoms with Gasteiger partial charge in [0.05, 0.1) is 11.8 Å². The van der Waals surface area contributed by atoms with Crippen LogP contribution in [0.25, 0.3) is 0 Å². The number of carboxylic acids is 1. The van der Waals surface area contributed by atoms with Gasteiger partial charge in [-0.2, -0.15) is 0 Å². The van der Waals surface area contributed by atoms with Gasteiger partial charge in [-0.25, -0.2) is 0 Å². The van der Waals surface area contributed by atoms with E-state index in [9.17, 15) is 19.5 Å². The third kappa shape index (κ3) is 8.89. The number of amides is 1. The number of carbonyl (C=O) groups excluding carboxylic acids is 2. The van der Waals surface area contributed by atoms with Crippen LogP contribution in [0.15, 0.2) is 0 Å². The van der Waals surface area contributed by atoms with Crippen LogP contribution in [-0.4, -0.2) is 34.6 Å². The molecule has 0 spiro atoms. The predicted octanol–water partition coefficient (Wildman–Crippen LogP) is 3.39. The van der Waals surface area contributed by atoms with Crippen LogP contribution >= 0.6 is 0 Å². The Morgan fingerprint density at radius 2 is 1.56 bits per heavy atom. The largest absolute Gasteiger partial charge is 0.481 e. The molecular formula is C19H35NO5. The minimum Gasteiger partial charge on any atom is -0.481 e. The Labute approximate surface area is 151 Å². The van der Waals surface area contributed by atoms with Gasteiger partial charge < -0.3 is 15.2 Å². The van der Waals surface area contributed by atoms with Crippen LogP contribution in [-0.2, 0) is 19.1 Å². The molecule has 0 aliphatic heterocycles. The summed E-state index contributed by atoms with van der Waals surface area (Å²) in [6, 6.07) is -0.0137. The minimum absolute atomic E-state index is 0.0137. The molecule has 0 saturated carbocycles. The lowest BCUT2D eigenvalue weighted by Gasteiger charge is -2.30. The van der Waals surface area contributed by atoms with Crippen LogP contribution in [0.3, 0.4) is 0 Å². The Morgan fingerprint density at radius 3 is 1.92 bits per heavy atom. The average molecular weight is 357 g/mol. The van der Waals surface area contributed by atoms with Gasteiger partial charge >= 0.3 is 11.9 Å². The number of hydrogen-bond acceptors (Lipinski definition) is 4. The first kappa shape index (κ1) is 23.4. The van der Waals surface area contributed by atoms with Crippen molar-refractivity contribution in [1.29, 1.82) is 0 Å². The standard InChI is InChI=1S/C19H35NO5/c1-9-13(16(23)25-18(4,5)6)10-14(15(21)22)11-19(7,8)17(24)20-12(2)3/h12-14H,9-11H2,1-8H3,(H,20,24)(H,21,22). The fourth-order valence-corrected chi connectivity index (χ4v) is 2.60. The smallest absolute Gasteiger partial charge is 0.309 e. The zero-order valence-corrected chi connectivity index (χ0v) is 16.9. The molecule has 6 heteroatoms. The summed E-state index contributed by atoms with van der Waals surface area (Å²) in [5.74, 6) is -2.84. The van der Waals surface area contributed by atoms with E-state index in [2.05, 4.69) is 5.32 Å². The molecule has 2 N–H and O–H groups in total. The van der Waals surface area contributed by atoms with Crippen LogP contribution < -0.4 is 5.32 Å². The van der Waals surface area contributed by atoms with Crippen LogP contribution in [0.2, 0.25) is 0 Å². The molecule has 0 heterocycles. The van der Waals surface area contributed by atoms with Crippen molar-refractivity contribution in [2.75, 3.05) is 0 Å². The van der Waals surface area contributed by atoms with Gasteiger partial charge in [0, 0.05) is 11.5 Å². The normalized spacial score (nSPS) is 14.8. The summed E-state index contributed by atoms with van der Waals surface area (Å²) < 4.78 is 5.39. The van der Waals surface area contributed by atoms with Crippen molar-refractivity contribution in [2.45, 2.75) is 86.3 Å². The van der Waals surface area contributed by atoms with Gasteiger partial charge in [-0.15, -0.1) is 0 Å². The summed E-state index contributed by atoms with van der Waals surface area (Å²) in [6.07, 6.45) is 0.830. The highest BCUT2D eigenvalue weighted by Crippen LogP contribution is 2.31. The first-order chi connectivity index (χ1) is 11.2. The molecule has 0 rings (SSSR count). The van der Waals surface area contributed by atoms with E-state index >= 15 is 0 Å². The van der Waals surface area contributed by atoms with Crippen molar-refractivity contribution in [3.63, 3.8) is 0 Å². The molecule has 2 unspecified atom stereocenters. The van der Waals surface area contributed by atoms with Crippen molar-refractivity contribution in [1.82, 2.24) is 5.32 Å². The second kappa shape index (κ2) is 9.20. The van der Waals surface area contributed by atoms with Crippen molar-refractivity contribution < 1.29 is 24.2 Å². The molecule has 0 aliphatic rings. The minimum atomic E-state index is -0.993. The van der Waals surface area contributed by atoms with Gasteiger partial charge in [0.25, 0.3) is 0 Å². The number of esters is 1. The van der Waals surface area contributed by atoms with Crippen molar-refractivity contribution in [3.8, 4) is 0 Å². The third-order valence-electron chi connectivity index (χ3n) is 3.94. The highest BCUT2D eigenvalue weighted by Gasteiger charge is 2.37. The van der Waals surface area contributed by atoms with Gasteiger partial charge in [-0.05, 0) is 53.9 Å². The maximum absolute atomic E-state index is 12.3. The Balaban J connectivity index is 5.13. The lowest BCUT2D eigenvalue weighted by molar-refractivity contribution is -0.161. The zero-order chi connectivity index (χ0) is 20.0. The molecule has 0 fully saturated rings. The third-order valence-corrected chi connectivity index (χ3v) is 3.94. The molecule has 2 atom stereocenters. The van der Waals surface area contributed by atoms with E-state index in [1.807, 2.05) is 20.8 Å². The van der Waals surface area contributed by atoms with E-state index < -0.39 is 28.8 Å². The van der Waals surface area contributed by atoms with Gasteiger partial charge in [-0.1, -0.05) is 20.8 Å².